The molecule has 1 aliphatic carbocycles. The van der Waals surface area contributed by atoms with E-state index in [1.807, 2.05) is 0 Å². The summed E-state index contributed by atoms with van der Waals surface area (Å²) in [5.74, 6) is 1.61. The average Bonchev–Trinajstić information content (AvgIpc) is 3.21. The lowest BCUT2D eigenvalue weighted by molar-refractivity contribution is 0.682. The van der Waals surface area contributed by atoms with Gasteiger partial charge in [0, 0.05) is 31.4 Å². The average molecular weight is 261 g/mol. The maximum Gasteiger partial charge on any atom is 0.129 e. The quantitative estimate of drug-likeness (QED) is 0.816. The van der Waals surface area contributed by atoms with Gasteiger partial charge in [0.25, 0.3) is 0 Å². The normalized spacial score (nSPS) is 15.0. The highest BCUT2D eigenvalue weighted by Gasteiger charge is 2.20. The van der Waals surface area contributed by atoms with Crippen LogP contribution in [0.1, 0.15) is 57.7 Å². The highest BCUT2D eigenvalue weighted by Crippen LogP contribution is 2.22. The van der Waals surface area contributed by atoms with Gasteiger partial charge < -0.3 is 10.2 Å². The lowest BCUT2D eigenvalue weighted by Gasteiger charge is -2.22. The van der Waals surface area contributed by atoms with Gasteiger partial charge in [0.1, 0.15) is 5.82 Å². The van der Waals surface area contributed by atoms with Crippen LogP contribution < -0.4 is 10.2 Å². The highest BCUT2D eigenvalue weighted by molar-refractivity contribution is 5.43. The van der Waals surface area contributed by atoms with E-state index >= 15 is 0 Å². The molecule has 1 saturated carbocycles. The van der Waals surface area contributed by atoms with Crippen molar-refractivity contribution in [2.75, 3.05) is 18.0 Å². The molecule has 1 aromatic heterocycles. The molecule has 0 unspecified atom stereocenters. The molecule has 106 valence electrons. The van der Waals surface area contributed by atoms with Gasteiger partial charge in [-0.1, -0.05) is 13.8 Å². The molecule has 0 atom stereocenters. The van der Waals surface area contributed by atoms with Crippen molar-refractivity contribution in [3.8, 4) is 0 Å². The lowest BCUT2D eigenvalue weighted by atomic mass is 10.1. The second kappa shape index (κ2) is 6.38. The van der Waals surface area contributed by atoms with Gasteiger partial charge in [-0.15, -0.1) is 0 Å². The van der Waals surface area contributed by atoms with Gasteiger partial charge >= 0.3 is 0 Å². The minimum Gasteiger partial charge on any atom is -0.357 e. The van der Waals surface area contributed by atoms with Crippen LogP contribution in [0.4, 0.5) is 5.82 Å². The fraction of sp³-hybridized carbons (Fsp3) is 0.688. The SMILES string of the molecule is CCN(CC)c1cc(CNC2CC2)cc(C(C)C)n1. The summed E-state index contributed by atoms with van der Waals surface area (Å²) in [4.78, 5) is 7.14. The van der Waals surface area contributed by atoms with E-state index in [1.165, 1.54) is 24.1 Å². The number of aromatic nitrogens is 1. The van der Waals surface area contributed by atoms with Crippen LogP contribution in [0.15, 0.2) is 12.1 Å². The van der Waals surface area contributed by atoms with E-state index in [1.54, 1.807) is 0 Å². The summed E-state index contributed by atoms with van der Waals surface area (Å²) in [5, 5.41) is 3.59. The molecule has 0 bridgehead atoms. The Morgan fingerprint density at radius 3 is 2.47 bits per heavy atom. The first kappa shape index (κ1) is 14.3. The standard InChI is InChI=1S/C16H27N3/c1-5-19(6-2)16-10-13(11-17-14-7-8-14)9-15(18-16)12(3)4/h9-10,12,14,17H,5-8,11H2,1-4H3. The molecule has 1 N–H and O–H groups in total. The largest absolute Gasteiger partial charge is 0.357 e. The Kier molecular flexibility index (Phi) is 4.81. The maximum atomic E-state index is 4.82. The maximum absolute atomic E-state index is 4.82. The number of pyridine rings is 1. The van der Waals surface area contributed by atoms with Gasteiger partial charge in [-0.05, 0) is 50.3 Å². The summed E-state index contributed by atoms with van der Waals surface area (Å²) < 4.78 is 0. The highest BCUT2D eigenvalue weighted by atomic mass is 15.2. The molecular formula is C16H27N3. The van der Waals surface area contributed by atoms with E-state index in [-0.39, 0.29) is 0 Å². The van der Waals surface area contributed by atoms with Crippen molar-refractivity contribution < 1.29 is 0 Å². The molecule has 1 aromatic rings. The van der Waals surface area contributed by atoms with Gasteiger partial charge in [-0.25, -0.2) is 4.98 Å². The Labute approximate surface area is 117 Å². The third kappa shape index (κ3) is 3.93. The van der Waals surface area contributed by atoms with Crippen LogP contribution in [-0.4, -0.2) is 24.1 Å². The third-order valence-corrected chi connectivity index (χ3v) is 3.74. The van der Waals surface area contributed by atoms with Crippen LogP contribution in [0.25, 0.3) is 0 Å². The third-order valence-electron chi connectivity index (χ3n) is 3.74. The number of anilines is 1. The Balaban J connectivity index is 2.19. The van der Waals surface area contributed by atoms with E-state index < -0.39 is 0 Å². The predicted octanol–water partition coefficient (Wildman–Crippen LogP) is 3.30. The van der Waals surface area contributed by atoms with Crippen LogP contribution in [0.5, 0.6) is 0 Å². The second-order valence-electron chi connectivity index (χ2n) is 5.74. The van der Waals surface area contributed by atoms with Crippen LogP contribution in [0.3, 0.4) is 0 Å². The molecule has 0 amide bonds. The summed E-state index contributed by atoms with van der Waals surface area (Å²) >= 11 is 0. The number of rotatable bonds is 7. The van der Waals surface area contributed by atoms with Crippen LogP contribution in [-0.2, 0) is 6.54 Å². The molecule has 1 aliphatic rings. The first-order valence-corrected chi connectivity index (χ1v) is 7.63. The smallest absolute Gasteiger partial charge is 0.129 e. The molecule has 0 aliphatic heterocycles. The van der Waals surface area contributed by atoms with Gasteiger partial charge in [-0.2, -0.15) is 0 Å². The Bertz CT molecular complexity index is 406. The Hall–Kier alpha value is -1.09. The summed E-state index contributed by atoms with van der Waals surface area (Å²) in [6.07, 6.45) is 2.68. The molecule has 2 rings (SSSR count). The molecule has 3 nitrogen and oxygen atoms in total. The summed E-state index contributed by atoms with van der Waals surface area (Å²) in [6, 6.07) is 5.26. The predicted molar refractivity (Wildman–Crippen MR) is 81.7 cm³/mol. The van der Waals surface area contributed by atoms with Crippen molar-refractivity contribution >= 4 is 5.82 Å². The minimum atomic E-state index is 0.482. The fourth-order valence-electron chi connectivity index (χ4n) is 2.25. The number of nitrogens with one attached hydrogen (secondary N) is 1. The van der Waals surface area contributed by atoms with E-state index in [9.17, 15) is 0 Å². The molecular weight excluding hydrogens is 234 g/mol. The number of hydrogen-bond acceptors (Lipinski definition) is 3. The zero-order valence-electron chi connectivity index (χ0n) is 12.7. The van der Waals surface area contributed by atoms with E-state index in [0.29, 0.717) is 5.92 Å². The van der Waals surface area contributed by atoms with Crippen molar-refractivity contribution in [3.05, 3.63) is 23.4 Å². The van der Waals surface area contributed by atoms with Gasteiger partial charge in [0.2, 0.25) is 0 Å². The van der Waals surface area contributed by atoms with Crippen molar-refractivity contribution in [1.29, 1.82) is 0 Å². The van der Waals surface area contributed by atoms with E-state index in [2.05, 4.69) is 50.0 Å². The number of hydrogen-bond donors (Lipinski definition) is 1. The van der Waals surface area contributed by atoms with Crippen molar-refractivity contribution in [2.45, 2.75) is 59.0 Å². The molecule has 0 spiro atoms. The molecule has 0 radical (unpaired) electrons. The van der Waals surface area contributed by atoms with Crippen LogP contribution in [0.2, 0.25) is 0 Å². The van der Waals surface area contributed by atoms with Gasteiger partial charge in [-0.3, -0.25) is 0 Å². The second-order valence-corrected chi connectivity index (χ2v) is 5.74. The molecule has 1 heterocycles. The van der Waals surface area contributed by atoms with Gasteiger partial charge in [0.15, 0.2) is 0 Å². The van der Waals surface area contributed by atoms with E-state index in [4.69, 9.17) is 4.98 Å². The Morgan fingerprint density at radius 1 is 1.26 bits per heavy atom. The minimum absolute atomic E-state index is 0.482. The molecule has 0 aromatic carbocycles. The first-order valence-electron chi connectivity index (χ1n) is 7.63. The number of nitrogens with zero attached hydrogens (tertiary/aromatic N) is 2. The Morgan fingerprint density at radius 2 is 1.95 bits per heavy atom. The first-order chi connectivity index (χ1) is 9.13. The van der Waals surface area contributed by atoms with Crippen molar-refractivity contribution in [1.82, 2.24) is 10.3 Å². The van der Waals surface area contributed by atoms with Crippen molar-refractivity contribution in [2.24, 2.45) is 0 Å². The summed E-state index contributed by atoms with van der Waals surface area (Å²) in [6.45, 7) is 11.8. The van der Waals surface area contributed by atoms with Crippen molar-refractivity contribution in [3.63, 3.8) is 0 Å². The summed E-state index contributed by atoms with van der Waals surface area (Å²) in [5.41, 5.74) is 2.57. The fourth-order valence-corrected chi connectivity index (χ4v) is 2.25. The lowest BCUT2D eigenvalue weighted by Crippen LogP contribution is -2.24. The molecule has 1 fully saturated rings. The van der Waals surface area contributed by atoms with Gasteiger partial charge in [0.05, 0.1) is 0 Å². The zero-order chi connectivity index (χ0) is 13.8. The molecule has 19 heavy (non-hydrogen) atoms. The van der Waals surface area contributed by atoms with Crippen LogP contribution >= 0.6 is 0 Å². The topological polar surface area (TPSA) is 28.2 Å². The van der Waals surface area contributed by atoms with E-state index in [0.717, 1.165) is 31.5 Å². The summed E-state index contributed by atoms with van der Waals surface area (Å²) in [7, 11) is 0. The molecule has 3 heteroatoms. The van der Waals surface area contributed by atoms with Crippen LogP contribution in [0, 0.1) is 0 Å². The monoisotopic (exact) mass is 261 g/mol. The molecule has 0 saturated heterocycles. The zero-order valence-corrected chi connectivity index (χ0v) is 12.7.